The van der Waals surface area contributed by atoms with E-state index in [0.29, 0.717) is 41.7 Å². The summed E-state index contributed by atoms with van der Waals surface area (Å²) in [6, 6.07) is 11.1. The topological polar surface area (TPSA) is 123 Å². The third kappa shape index (κ3) is 6.03. The number of morpholine rings is 1. The van der Waals surface area contributed by atoms with Gasteiger partial charge in [0.25, 0.3) is 5.91 Å². The first kappa shape index (κ1) is 26.9. The lowest BCUT2D eigenvalue weighted by molar-refractivity contribution is 0.102. The Kier molecular flexibility index (Phi) is 7.82. The Balaban J connectivity index is 1.63. The maximum atomic E-state index is 13.1. The monoisotopic (exact) mass is 516 g/mol. The van der Waals surface area contributed by atoms with Crippen molar-refractivity contribution >= 4 is 34.8 Å². The second-order valence-electron chi connectivity index (χ2n) is 10.3. The van der Waals surface area contributed by atoms with Gasteiger partial charge in [-0.05, 0) is 43.0 Å². The highest BCUT2D eigenvalue weighted by atomic mass is 16.5. The molecule has 1 aliphatic heterocycles. The van der Waals surface area contributed by atoms with Gasteiger partial charge in [-0.15, -0.1) is 0 Å². The minimum absolute atomic E-state index is 0.129. The molecule has 0 spiro atoms. The fourth-order valence-electron chi connectivity index (χ4n) is 4.03. The number of benzene rings is 1. The van der Waals surface area contributed by atoms with Crippen molar-refractivity contribution < 1.29 is 9.53 Å². The molecule has 10 heteroatoms. The number of amides is 1. The molecule has 0 bridgehead atoms. The molecule has 1 fully saturated rings. The molecule has 2 aromatic heterocycles. The van der Waals surface area contributed by atoms with E-state index in [0.717, 1.165) is 30.2 Å². The highest BCUT2D eigenvalue weighted by Crippen LogP contribution is 2.26. The zero-order valence-corrected chi connectivity index (χ0v) is 22.7. The van der Waals surface area contributed by atoms with Gasteiger partial charge in [0.1, 0.15) is 17.3 Å². The van der Waals surface area contributed by atoms with Crippen LogP contribution in [0.2, 0.25) is 0 Å². The lowest BCUT2D eigenvalue weighted by Gasteiger charge is -2.28. The van der Waals surface area contributed by atoms with Crippen LogP contribution in [-0.2, 0) is 17.2 Å². The third-order valence-corrected chi connectivity index (χ3v) is 6.32. The summed E-state index contributed by atoms with van der Waals surface area (Å²) in [4.78, 5) is 24.8. The Labute approximate surface area is 223 Å². The number of anilines is 3. The number of hydrogen-bond acceptors (Lipinski definition) is 7. The average molecular weight is 517 g/mol. The Morgan fingerprint density at radius 2 is 1.92 bits per heavy atom. The third-order valence-electron chi connectivity index (χ3n) is 6.32. The lowest BCUT2D eigenvalue weighted by atomic mass is 9.92. The molecule has 200 valence electrons. The summed E-state index contributed by atoms with van der Waals surface area (Å²) in [6.07, 6.45) is 1.57. The normalized spacial score (nSPS) is 14.3. The number of nitrogens with two attached hydrogens (primary N) is 1. The number of rotatable bonds is 7. The molecule has 4 N–H and O–H groups in total. The number of pyridine rings is 1. The molecule has 38 heavy (non-hydrogen) atoms. The number of amidine groups is 1. The first-order valence-corrected chi connectivity index (χ1v) is 12.6. The maximum Gasteiger partial charge on any atom is 0.256 e. The summed E-state index contributed by atoms with van der Waals surface area (Å²) in [5, 5.41) is 10.6. The standard InChI is InChI=1S/C28H36N8O2/c1-7-30-20-10-11-23(36-12-14-38-15-13-36)32-25(20)26(29)31-21-16-19(9-8-18(21)2)27(37)33-24-17-22(28(3,4)5)34-35(24)6/h7-11,16-17,30H,1,12-15H2,2-6H3,(H2,29,31)(H,33,37). The van der Waals surface area contributed by atoms with Gasteiger partial charge in [0, 0.05) is 37.2 Å². The molecule has 0 atom stereocenters. The first-order valence-electron chi connectivity index (χ1n) is 12.6. The van der Waals surface area contributed by atoms with Crippen LogP contribution in [0.25, 0.3) is 0 Å². The van der Waals surface area contributed by atoms with Gasteiger partial charge in [0.15, 0.2) is 5.84 Å². The molecule has 3 aromatic rings. The van der Waals surface area contributed by atoms with Crippen molar-refractivity contribution in [2.45, 2.75) is 33.1 Å². The summed E-state index contributed by atoms with van der Waals surface area (Å²) in [7, 11) is 1.81. The molecule has 0 unspecified atom stereocenters. The Morgan fingerprint density at radius 3 is 2.58 bits per heavy atom. The van der Waals surface area contributed by atoms with E-state index in [1.807, 2.05) is 38.2 Å². The number of aryl methyl sites for hydroxylation is 2. The van der Waals surface area contributed by atoms with Gasteiger partial charge in [-0.3, -0.25) is 9.48 Å². The van der Waals surface area contributed by atoms with Gasteiger partial charge in [-0.2, -0.15) is 5.10 Å². The fourth-order valence-corrected chi connectivity index (χ4v) is 4.03. The zero-order valence-electron chi connectivity index (χ0n) is 22.7. The van der Waals surface area contributed by atoms with Crippen LogP contribution in [0, 0.1) is 6.92 Å². The molecule has 4 rings (SSSR count). The molecule has 1 aliphatic rings. The predicted molar refractivity (Wildman–Crippen MR) is 153 cm³/mol. The highest BCUT2D eigenvalue weighted by Gasteiger charge is 2.21. The molecule has 0 aliphatic carbocycles. The molecule has 10 nitrogen and oxygen atoms in total. The smallest absolute Gasteiger partial charge is 0.256 e. The van der Waals surface area contributed by atoms with Crippen molar-refractivity contribution in [3.63, 3.8) is 0 Å². The number of aromatic nitrogens is 3. The van der Waals surface area contributed by atoms with Crippen LogP contribution < -0.4 is 21.3 Å². The van der Waals surface area contributed by atoms with Gasteiger partial charge in [0.2, 0.25) is 0 Å². The van der Waals surface area contributed by atoms with E-state index in [-0.39, 0.29) is 17.2 Å². The fraction of sp³-hybridized carbons (Fsp3) is 0.357. The lowest BCUT2D eigenvalue weighted by Crippen LogP contribution is -2.37. The second kappa shape index (κ2) is 11.1. The minimum Gasteiger partial charge on any atom is -0.382 e. The van der Waals surface area contributed by atoms with Crippen molar-refractivity contribution in [1.29, 1.82) is 0 Å². The first-order chi connectivity index (χ1) is 18.1. The number of nitrogens with one attached hydrogen (secondary N) is 2. The van der Waals surface area contributed by atoms with E-state index in [1.165, 1.54) is 0 Å². The molecular formula is C28H36N8O2. The minimum atomic E-state index is -0.259. The van der Waals surface area contributed by atoms with Gasteiger partial charge in [-0.25, -0.2) is 9.98 Å². The Bertz CT molecular complexity index is 1360. The van der Waals surface area contributed by atoms with E-state index >= 15 is 0 Å². The maximum absolute atomic E-state index is 13.1. The van der Waals surface area contributed by atoms with Crippen LogP contribution in [0.5, 0.6) is 0 Å². The van der Waals surface area contributed by atoms with Crippen LogP contribution in [0.1, 0.15) is 48.1 Å². The molecule has 0 radical (unpaired) electrons. The Morgan fingerprint density at radius 1 is 1.18 bits per heavy atom. The van der Waals surface area contributed by atoms with Crippen LogP contribution in [0.4, 0.5) is 23.0 Å². The zero-order chi connectivity index (χ0) is 27.4. The number of nitrogens with zero attached hydrogens (tertiary/aromatic N) is 5. The van der Waals surface area contributed by atoms with E-state index in [2.05, 4.69) is 53.0 Å². The van der Waals surface area contributed by atoms with Crippen molar-refractivity contribution in [3.8, 4) is 0 Å². The van der Waals surface area contributed by atoms with Crippen LogP contribution >= 0.6 is 0 Å². The van der Waals surface area contributed by atoms with Gasteiger partial charge < -0.3 is 26.0 Å². The summed E-state index contributed by atoms with van der Waals surface area (Å²) in [6.45, 7) is 14.7. The Hall–Kier alpha value is -4.18. The highest BCUT2D eigenvalue weighted by molar-refractivity contribution is 6.05. The van der Waals surface area contributed by atoms with Crippen molar-refractivity contribution in [2.75, 3.05) is 41.8 Å². The van der Waals surface area contributed by atoms with Crippen molar-refractivity contribution in [2.24, 2.45) is 17.8 Å². The summed E-state index contributed by atoms with van der Waals surface area (Å²) in [5.41, 5.74) is 10.4. The molecule has 1 aromatic carbocycles. The van der Waals surface area contributed by atoms with Crippen LogP contribution in [0.15, 0.2) is 54.2 Å². The summed E-state index contributed by atoms with van der Waals surface area (Å²) < 4.78 is 7.13. The number of ether oxygens (including phenoxy) is 1. The van der Waals surface area contributed by atoms with E-state index in [9.17, 15) is 4.79 Å². The van der Waals surface area contributed by atoms with Crippen LogP contribution in [0.3, 0.4) is 0 Å². The largest absolute Gasteiger partial charge is 0.382 e. The van der Waals surface area contributed by atoms with E-state index in [4.69, 9.17) is 15.5 Å². The number of carbonyl (C=O) groups excluding carboxylic acids is 1. The quantitative estimate of drug-likeness (QED) is 0.319. The molecule has 3 heterocycles. The predicted octanol–water partition coefficient (Wildman–Crippen LogP) is 4.10. The molecular weight excluding hydrogens is 480 g/mol. The van der Waals surface area contributed by atoms with Gasteiger partial charge in [-0.1, -0.05) is 33.4 Å². The van der Waals surface area contributed by atoms with Gasteiger partial charge in [0.05, 0.1) is 30.3 Å². The average Bonchev–Trinajstić information content (AvgIpc) is 3.26. The molecule has 1 saturated heterocycles. The number of carbonyl (C=O) groups is 1. The van der Waals surface area contributed by atoms with E-state index in [1.54, 1.807) is 23.0 Å². The summed E-state index contributed by atoms with van der Waals surface area (Å²) >= 11 is 0. The summed E-state index contributed by atoms with van der Waals surface area (Å²) in [5.74, 6) is 1.39. The van der Waals surface area contributed by atoms with E-state index < -0.39 is 0 Å². The molecule has 0 saturated carbocycles. The SMILES string of the molecule is C=CNc1ccc(N2CCOCC2)nc1C(N)=Nc1cc(C(=O)Nc2cc(C(C)(C)C)nn2C)ccc1C. The number of hydrogen-bond donors (Lipinski definition) is 3. The van der Waals surface area contributed by atoms with Crippen LogP contribution in [-0.4, -0.2) is 52.8 Å². The second-order valence-corrected chi connectivity index (χ2v) is 10.3. The number of aliphatic imine (C=N–C) groups is 1. The molecule has 1 amide bonds. The van der Waals surface area contributed by atoms with Crippen molar-refractivity contribution in [1.82, 2.24) is 14.8 Å². The van der Waals surface area contributed by atoms with Gasteiger partial charge >= 0.3 is 0 Å². The van der Waals surface area contributed by atoms with Crippen molar-refractivity contribution in [3.05, 3.63) is 71.7 Å².